The van der Waals surface area contributed by atoms with Gasteiger partial charge in [0, 0.05) is 20.1 Å². The zero-order valence-corrected chi connectivity index (χ0v) is 15.2. The topological polar surface area (TPSA) is 45.7 Å². The lowest BCUT2D eigenvalue weighted by atomic mass is 10.1. The third-order valence-electron chi connectivity index (χ3n) is 3.76. The van der Waals surface area contributed by atoms with Gasteiger partial charge in [-0.1, -0.05) is 54.6 Å². The van der Waals surface area contributed by atoms with Crippen LogP contribution >= 0.6 is 0 Å². The molecule has 0 aliphatic heterocycles. The molecule has 0 aromatic heterocycles. The number of rotatable bonds is 8. The summed E-state index contributed by atoms with van der Waals surface area (Å²) in [5.74, 6) is 0.338. The van der Waals surface area contributed by atoms with E-state index in [1.54, 1.807) is 0 Å². The van der Waals surface area contributed by atoms with Gasteiger partial charge >= 0.3 is 6.18 Å². The largest absolute Gasteiger partial charge is 0.390 e. The lowest BCUT2D eigenvalue weighted by Gasteiger charge is -2.13. The molecular formula is C20H24F3N3O. The fraction of sp³-hybridized carbons (Fsp3) is 0.350. The number of hydrogen-bond donors (Lipinski definition) is 2. The normalized spacial score (nSPS) is 12.1. The van der Waals surface area contributed by atoms with E-state index < -0.39 is 12.6 Å². The number of halogens is 3. The highest BCUT2D eigenvalue weighted by Gasteiger charge is 2.26. The molecule has 0 aliphatic rings. The van der Waals surface area contributed by atoms with Gasteiger partial charge in [-0.15, -0.1) is 0 Å². The number of guanidine groups is 1. The van der Waals surface area contributed by atoms with Crippen molar-refractivity contribution in [1.82, 2.24) is 10.6 Å². The molecule has 0 atom stereocenters. The van der Waals surface area contributed by atoms with Crippen molar-refractivity contribution in [3.8, 4) is 0 Å². The molecular weight excluding hydrogens is 355 g/mol. The number of aliphatic imine (C=N–C) groups is 1. The Kier molecular flexibility index (Phi) is 8.13. The van der Waals surface area contributed by atoms with E-state index in [1.807, 2.05) is 54.6 Å². The van der Waals surface area contributed by atoms with Crippen LogP contribution in [-0.2, 0) is 24.5 Å². The maximum Gasteiger partial charge on any atom is 0.390 e. The van der Waals surface area contributed by atoms with Gasteiger partial charge in [0.2, 0.25) is 0 Å². The second-order valence-corrected chi connectivity index (χ2v) is 6.02. The van der Waals surface area contributed by atoms with Crippen LogP contribution in [0.25, 0.3) is 0 Å². The summed E-state index contributed by atoms with van der Waals surface area (Å²) >= 11 is 0. The van der Waals surface area contributed by atoms with Crippen LogP contribution in [0.2, 0.25) is 0 Å². The van der Waals surface area contributed by atoms with Crippen molar-refractivity contribution in [2.24, 2.45) is 4.99 Å². The summed E-state index contributed by atoms with van der Waals surface area (Å²) in [6, 6.07) is 17.8. The Labute approximate surface area is 157 Å². The van der Waals surface area contributed by atoms with Gasteiger partial charge in [-0.25, -0.2) is 0 Å². The zero-order chi connectivity index (χ0) is 19.5. The van der Waals surface area contributed by atoms with Gasteiger partial charge in [0.25, 0.3) is 0 Å². The summed E-state index contributed by atoms with van der Waals surface area (Å²) < 4.78 is 42.3. The van der Waals surface area contributed by atoms with Crippen LogP contribution in [0, 0.1) is 0 Å². The van der Waals surface area contributed by atoms with E-state index in [0.717, 1.165) is 16.7 Å². The summed E-state index contributed by atoms with van der Waals surface area (Å²) in [7, 11) is 1.52. The number of nitrogens with one attached hydrogen (secondary N) is 2. The molecule has 7 heteroatoms. The van der Waals surface area contributed by atoms with Crippen molar-refractivity contribution in [2.75, 3.05) is 13.6 Å². The average molecular weight is 379 g/mol. The number of hydrogen-bond acceptors (Lipinski definition) is 2. The number of alkyl halides is 3. The number of ether oxygens (including phenoxy) is 1. The Bertz CT molecular complexity index is 718. The van der Waals surface area contributed by atoms with Gasteiger partial charge in [-0.2, -0.15) is 13.2 Å². The van der Waals surface area contributed by atoms with Crippen molar-refractivity contribution in [3.05, 3.63) is 71.3 Å². The van der Waals surface area contributed by atoms with Crippen molar-refractivity contribution in [1.29, 1.82) is 0 Å². The van der Waals surface area contributed by atoms with E-state index in [1.165, 1.54) is 7.05 Å². The monoisotopic (exact) mass is 379 g/mol. The minimum Gasteiger partial charge on any atom is -0.372 e. The van der Waals surface area contributed by atoms with Gasteiger partial charge < -0.3 is 15.4 Å². The van der Waals surface area contributed by atoms with E-state index in [0.29, 0.717) is 25.7 Å². The first-order chi connectivity index (χ1) is 13.0. The minimum atomic E-state index is -4.18. The summed E-state index contributed by atoms with van der Waals surface area (Å²) in [5, 5.41) is 5.67. The molecule has 0 saturated carbocycles. The Morgan fingerprint density at radius 1 is 0.926 bits per heavy atom. The Hall–Kier alpha value is -2.54. The van der Waals surface area contributed by atoms with E-state index >= 15 is 0 Å². The van der Waals surface area contributed by atoms with Crippen molar-refractivity contribution < 1.29 is 17.9 Å². The van der Waals surface area contributed by atoms with Gasteiger partial charge in [0.1, 0.15) is 0 Å². The van der Waals surface area contributed by atoms with Crippen LogP contribution in [0.4, 0.5) is 13.2 Å². The van der Waals surface area contributed by atoms with E-state index in [2.05, 4.69) is 15.6 Å². The van der Waals surface area contributed by atoms with Gasteiger partial charge in [-0.3, -0.25) is 4.99 Å². The molecule has 0 radical (unpaired) electrons. The zero-order valence-electron chi connectivity index (χ0n) is 15.2. The van der Waals surface area contributed by atoms with Crippen molar-refractivity contribution >= 4 is 5.96 Å². The highest BCUT2D eigenvalue weighted by atomic mass is 19.4. The fourth-order valence-electron chi connectivity index (χ4n) is 2.42. The third-order valence-corrected chi connectivity index (χ3v) is 3.76. The smallest absolute Gasteiger partial charge is 0.372 e. The van der Waals surface area contributed by atoms with Crippen molar-refractivity contribution in [3.63, 3.8) is 0 Å². The van der Waals surface area contributed by atoms with Gasteiger partial charge in [0.15, 0.2) is 5.96 Å². The molecule has 0 aliphatic carbocycles. The predicted octanol–water partition coefficient (Wildman–Crippen LogP) is 4.02. The Balaban J connectivity index is 1.77. The highest BCUT2D eigenvalue weighted by molar-refractivity contribution is 5.79. The SMILES string of the molecule is CN=C(NCCC(F)(F)F)NCc1cccc(COCc2ccccc2)c1. The molecule has 0 amide bonds. The maximum atomic E-state index is 12.2. The number of benzene rings is 2. The summed E-state index contributed by atoms with van der Waals surface area (Å²) in [6.45, 7) is 1.27. The first-order valence-electron chi connectivity index (χ1n) is 8.67. The van der Waals surface area contributed by atoms with Crippen LogP contribution in [-0.4, -0.2) is 25.7 Å². The Morgan fingerprint density at radius 2 is 1.59 bits per heavy atom. The van der Waals surface area contributed by atoms with E-state index in [9.17, 15) is 13.2 Å². The molecule has 0 saturated heterocycles. The molecule has 0 unspecified atom stereocenters. The summed E-state index contributed by atoms with van der Waals surface area (Å²) in [4.78, 5) is 3.93. The van der Waals surface area contributed by atoms with Crippen LogP contribution in [0.5, 0.6) is 0 Å². The Morgan fingerprint density at radius 3 is 2.30 bits per heavy atom. The second-order valence-electron chi connectivity index (χ2n) is 6.02. The molecule has 2 N–H and O–H groups in total. The van der Waals surface area contributed by atoms with Crippen molar-refractivity contribution in [2.45, 2.75) is 32.4 Å². The molecule has 0 bridgehead atoms. The first kappa shape index (κ1) is 20.8. The standard InChI is InChI=1S/C20H24F3N3O/c1-24-19(25-11-10-20(21,22)23)26-13-17-8-5-9-18(12-17)15-27-14-16-6-3-2-4-7-16/h2-9,12H,10-11,13-15H2,1H3,(H2,24,25,26). The average Bonchev–Trinajstić information content (AvgIpc) is 2.65. The maximum absolute atomic E-state index is 12.2. The lowest BCUT2D eigenvalue weighted by Crippen LogP contribution is -2.38. The highest BCUT2D eigenvalue weighted by Crippen LogP contribution is 2.18. The summed E-state index contributed by atoms with van der Waals surface area (Å²) in [5.41, 5.74) is 3.14. The van der Waals surface area contributed by atoms with E-state index in [-0.39, 0.29) is 6.54 Å². The van der Waals surface area contributed by atoms with Gasteiger partial charge in [-0.05, 0) is 16.7 Å². The van der Waals surface area contributed by atoms with Crippen LogP contribution in [0.1, 0.15) is 23.1 Å². The molecule has 2 aromatic carbocycles. The lowest BCUT2D eigenvalue weighted by molar-refractivity contribution is -0.132. The van der Waals surface area contributed by atoms with Crippen LogP contribution in [0.3, 0.4) is 0 Å². The first-order valence-corrected chi connectivity index (χ1v) is 8.67. The van der Waals surface area contributed by atoms with Crippen LogP contribution < -0.4 is 10.6 Å². The quantitative estimate of drug-likeness (QED) is 0.538. The molecule has 0 heterocycles. The summed E-state index contributed by atoms with van der Waals surface area (Å²) in [6.07, 6.45) is -5.08. The minimum absolute atomic E-state index is 0.212. The molecule has 146 valence electrons. The third kappa shape index (κ3) is 8.59. The molecule has 4 nitrogen and oxygen atoms in total. The second kappa shape index (κ2) is 10.6. The molecule has 2 aromatic rings. The number of nitrogens with zero attached hydrogens (tertiary/aromatic N) is 1. The van der Waals surface area contributed by atoms with E-state index in [4.69, 9.17) is 4.74 Å². The fourth-order valence-corrected chi connectivity index (χ4v) is 2.42. The van der Waals surface area contributed by atoms with Crippen LogP contribution in [0.15, 0.2) is 59.6 Å². The predicted molar refractivity (Wildman–Crippen MR) is 100 cm³/mol. The molecule has 2 rings (SSSR count). The molecule has 0 fully saturated rings. The van der Waals surface area contributed by atoms with Gasteiger partial charge in [0.05, 0.1) is 19.6 Å². The molecule has 27 heavy (non-hydrogen) atoms. The molecule has 0 spiro atoms.